The number of fused-ring (bicyclic) bond motifs is 7. The molecule has 9 nitrogen and oxygen atoms in total. The number of esters is 1. The van der Waals surface area contributed by atoms with Gasteiger partial charge in [0.05, 0.1) is 40.5 Å². The van der Waals surface area contributed by atoms with E-state index >= 15 is 0 Å². The van der Waals surface area contributed by atoms with Gasteiger partial charge in [-0.15, -0.1) is 0 Å². The number of non-ortho nitro benzene ring substituents is 1. The highest BCUT2D eigenvalue weighted by Crippen LogP contribution is 2.56. The summed E-state index contributed by atoms with van der Waals surface area (Å²) in [4.78, 5) is 53.9. The third-order valence-corrected chi connectivity index (χ3v) is 8.69. The molecule has 7 rings (SSSR count). The fraction of sp³-hybridized carbons (Fsp3) is 0.156. The Kier molecular flexibility index (Phi) is 5.88. The van der Waals surface area contributed by atoms with Crippen molar-refractivity contribution >= 4 is 57.1 Å². The molecule has 1 saturated heterocycles. The molecule has 0 aromatic heterocycles. The topological polar surface area (TPSA) is 116 Å². The Hall–Kier alpha value is -5.02. The minimum absolute atomic E-state index is 0.00170. The number of benzene rings is 4. The molecule has 3 aliphatic rings. The number of hydrogen-bond donors (Lipinski definition) is 0. The predicted molar refractivity (Wildman–Crippen MR) is 154 cm³/mol. The predicted octanol–water partition coefficient (Wildman–Crippen LogP) is 5.93. The molecule has 4 aromatic carbocycles. The van der Waals surface area contributed by atoms with Gasteiger partial charge in [0.25, 0.3) is 5.69 Å². The molecular weight excluding hydrogens is 560 g/mol. The van der Waals surface area contributed by atoms with E-state index < -0.39 is 46.4 Å². The van der Waals surface area contributed by atoms with Crippen LogP contribution < -0.4 is 14.4 Å². The molecule has 208 valence electrons. The summed E-state index contributed by atoms with van der Waals surface area (Å²) in [6.07, 6.45) is 1.88. The lowest BCUT2D eigenvalue weighted by Crippen LogP contribution is -2.42. The second-order valence-corrected chi connectivity index (χ2v) is 10.8. The normalized spacial score (nSPS) is 22.7. The van der Waals surface area contributed by atoms with Crippen LogP contribution in [0.5, 0.6) is 11.5 Å². The quantitative estimate of drug-likeness (QED) is 0.0965. The van der Waals surface area contributed by atoms with E-state index in [4.69, 9.17) is 21.1 Å². The van der Waals surface area contributed by atoms with Crippen molar-refractivity contribution in [3.8, 4) is 11.5 Å². The smallest absolute Gasteiger partial charge is 0.319 e. The first kappa shape index (κ1) is 25.9. The highest BCUT2D eigenvalue weighted by Gasteiger charge is 2.60. The van der Waals surface area contributed by atoms with Crippen LogP contribution in [0.25, 0.3) is 16.3 Å². The largest absolute Gasteiger partial charge is 0.497 e. The Labute approximate surface area is 244 Å². The number of rotatable bonds is 4. The number of nitro benzene ring substituents is 1. The number of carbonyl (C=O) groups is 3. The number of anilines is 1. The molecule has 0 spiro atoms. The van der Waals surface area contributed by atoms with Crippen molar-refractivity contribution in [2.45, 2.75) is 5.92 Å². The number of nitrogens with zero attached hydrogens (tertiary/aromatic N) is 2. The average molecular weight is 581 g/mol. The van der Waals surface area contributed by atoms with E-state index in [-0.39, 0.29) is 16.4 Å². The van der Waals surface area contributed by atoms with Crippen molar-refractivity contribution in [2.75, 3.05) is 12.0 Å². The van der Waals surface area contributed by atoms with E-state index in [1.165, 1.54) is 12.1 Å². The van der Waals surface area contributed by atoms with Crippen molar-refractivity contribution in [1.82, 2.24) is 0 Å². The minimum atomic E-state index is -1.12. The Morgan fingerprint density at radius 3 is 2.40 bits per heavy atom. The number of allylic oxidation sites excluding steroid dienone is 1. The molecule has 4 aromatic rings. The molecule has 0 saturated carbocycles. The number of amides is 2. The van der Waals surface area contributed by atoms with Gasteiger partial charge in [0.2, 0.25) is 11.8 Å². The van der Waals surface area contributed by atoms with Crippen LogP contribution in [0.3, 0.4) is 0 Å². The molecule has 0 unspecified atom stereocenters. The molecule has 0 radical (unpaired) electrons. The van der Waals surface area contributed by atoms with Crippen LogP contribution >= 0.6 is 11.6 Å². The Bertz CT molecular complexity index is 1880. The summed E-state index contributed by atoms with van der Waals surface area (Å²) in [6, 6.07) is 22.1. The number of ether oxygens (including phenoxy) is 2. The summed E-state index contributed by atoms with van der Waals surface area (Å²) in [6.45, 7) is 0. The molecule has 2 amide bonds. The van der Waals surface area contributed by atoms with Crippen LogP contribution in [0.15, 0.2) is 84.9 Å². The van der Waals surface area contributed by atoms with Crippen molar-refractivity contribution < 1.29 is 28.8 Å². The van der Waals surface area contributed by atoms with Gasteiger partial charge in [0.1, 0.15) is 11.5 Å². The fourth-order valence-corrected chi connectivity index (χ4v) is 6.67. The van der Waals surface area contributed by atoms with Crippen molar-refractivity contribution in [1.29, 1.82) is 0 Å². The first-order valence-electron chi connectivity index (χ1n) is 13.2. The van der Waals surface area contributed by atoms with Gasteiger partial charge in [-0.05, 0) is 34.7 Å². The van der Waals surface area contributed by atoms with Gasteiger partial charge in [0, 0.05) is 29.0 Å². The van der Waals surface area contributed by atoms with Crippen LogP contribution in [-0.2, 0) is 14.4 Å². The van der Waals surface area contributed by atoms with Crippen molar-refractivity contribution in [3.05, 3.63) is 111 Å². The van der Waals surface area contributed by atoms with Gasteiger partial charge in [-0.25, -0.2) is 4.90 Å². The van der Waals surface area contributed by atoms with E-state index in [1.54, 1.807) is 19.2 Å². The van der Waals surface area contributed by atoms with Crippen LogP contribution in [-0.4, -0.2) is 29.8 Å². The molecule has 0 bridgehead atoms. The summed E-state index contributed by atoms with van der Waals surface area (Å²) >= 11 is 6.40. The maximum Gasteiger partial charge on any atom is 0.319 e. The summed E-state index contributed by atoms with van der Waals surface area (Å²) < 4.78 is 11.2. The fourth-order valence-electron chi connectivity index (χ4n) is 6.46. The lowest BCUT2D eigenvalue weighted by molar-refractivity contribution is -0.384. The zero-order chi connectivity index (χ0) is 29.3. The molecule has 1 aliphatic carbocycles. The summed E-state index contributed by atoms with van der Waals surface area (Å²) in [5, 5.41) is 13.2. The number of halogens is 1. The van der Waals surface area contributed by atoms with Crippen molar-refractivity contribution in [2.24, 2.45) is 17.8 Å². The average Bonchev–Trinajstić information content (AvgIpc) is 3.26. The number of nitro groups is 1. The SMILES string of the molecule is COc1ccc([C@@H]2C=C3c4ccc5ccccc5c4OC(=O)[C@@H]3[C@H]3C(=O)N(c4cc([N+](=O)[O-])ccc4Cl)C(=O)[C@@H]32)cc1. The molecule has 2 aliphatic heterocycles. The first-order chi connectivity index (χ1) is 20.3. The third kappa shape index (κ3) is 3.74. The van der Waals surface area contributed by atoms with E-state index in [0.29, 0.717) is 22.6 Å². The van der Waals surface area contributed by atoms with E-state index in [2.05, 4.69) is 0 Å². The van der Waals surface area contributed by atoms with E-state index in [0.717, 1.165) is 27.3 Å². The zero-order valence-electron chi connectivity index (χ0n) is 22.0. The van der Waals surface area contributed by atoms with Gasteiger partial charge >= 0.3 is 5.97 Å². The van der Waals surface area contributed by atoms with Crippen LogP contribution in [0.1, 0.15) is 17.0 Å². The Morgan fingerprint density at radius 1 is 0.929 bits per heavy atom. The Morgan fingerprint density at radius 2 is 1.67 bits per heavy atom. The lowest BCUT2D eigenvalue weighted by atomic mass is 9.64. The van der Waals surface area contributed by atoms with Gasteiger partial charge in [-0.2, -0.15) is 0 Å². The number of hydrogen-bond acceptors (Lipinski definition) is 7. The zero-order valence-corrected chi connectivity index (χ0v) is 22.8. The standard InChI is InChI=1S/C32H21ClN2O7/c1-41-19-10-6-17(7-11-19)22-15-23-21-12-8-16-4-2-3-5-20(16)29(21)42-32(38)27(23)28-26(22)30(36)34(31(28)37)25-14-18(35(39)40)9-13-24(25)33/h2-15,22,26-28H,1H3/t22-,26+,27-,28-/m0/s1. The van der Waals surface area contributed by atoms with E-state index in [9.17, 15) is 24.5 Å². The van der Waals surface area contributed by atoms with Gasteiger partial charge in [-0.1, -0.05) is 66.2 Å². The highest BCUT2D eigenvalue weighted by atomic mass is 35.5. The van der Waals surface area contributed by atoms with Crippen molar-refractivity contribution in [3.63, 3.8) is 0 Å². The van der Waals surface area contributed by atoms with Gasteiger partial charge < -0.3 is 9.47 Å². The first-order valence-corrected chi connectivity index (χ1v) is 13.6. The van der Waals surface area contributed by atoms with Crippen LogP contribution in [0.4, 0.5) is 11.4 Å². The van der Waals surface area contributed by atoms with E-state index in [1.807, 2.05) is 54.6 Å². The lowest BCUT2D eigenvalue weighted by Gasteiger charge is -2.38. The van der Waals surface area contributed by atoms with Crippen LogP contribution in [0, 0.1) is 27.9 Å². The molecule has 1 fully saturated rings. The molecular formula is C32H21ClN2O7. The highest BCUT2D eigenvalue weighted by molar-refractivity contribution is 6.36. The van der Waals surface area contributed by atoms with Crippen LogP contribution in [0.2, 0.25) is 5.02 Å². The molecule has 0 N–H and O–H groups in total. The maximum absolute atomic E-state index is 14.2. The summed E-state index contributed by atoms with van der Waals surface area (Å²) in [5.74, 6) is -4.63. The molecule has 42 heavy (non-hydrogen) atoms. The molecule has 2 heterocycles. The summed E-state index contributed by atoms with van der Waals surface area (Å²) in [5.41, 5.74) is 1.59. The second kappa shape index (κ2) is 9.53. The molecule has 4 atom stereocenters. The monoisotopic (exact) mass is 580 g/mol. The van der Waals surface area contributed by atoms with Gasteiger partial charge in [-0.3, -0.25) is 24.5 Å². The third-order valence-electron chi connectivity index (χ3n) is 8.37. The summed E-state index contributed by atoms with van der Waals surface area (Å²) in [7, 11) is 1.55. The minimum Gasteiger partial charge on any atom is -0.497 e. The maximum atomic E-state index is 14.2. The number of carbonyl (C=O) groups excluding carboxylic acids is 3. The second-order valence-electron chi connectivity index (χ2n) is 10.4. The number of imide groups is 1. The Balaban J connectivity index is 1.44. The van der Waals surface area contributed by atoms with Gasteiger partial charge in [0.15, 0.2) is 0 Å². The number of methoxy groups -OCH3 is 1. The molecule has 10 heteroatoms.